The number of aromatic nitrogens is 3. The van der Waals surface area contributed by atoms with E-state index in [4.69, 9.17) is 19.9 Å². The third kappa shape index (κ3) is 5.13. The van der Waals surface area contributed by atoms with Gasteiger partial charge in [0.25, 0.3) is 0 Å². The van der Waals surface area contributed by atoms with Crippen molar-refractivity contribution >= 4 is 5.95 Å². The van der Waals surface area contributed by atoms with Crippen molar-refractivity contribution in [2.45, 2.75) is 20.0 Å². The Morgan fingerprint density at radius 3 is 2.33 bits per heavy atom. The van der Waals surface area contributed by atoms with Gasteiger partial charge < -0.3 is 19.9 Å². The molecule has 2 aromatic rings. The number of ether oxygens (including phenoxy) is 3. The van der Waals surface area contributed by atoms with E-state index in [1.54, 1.807) is 0 Å². The Morgan fingerprint density at radius 2 is 1.62 bits per heavy atom. The van der Waals surface area contributed by atoms with Crippen LogP contribution in [-0.4, -0.2) is 34.3 Å². The molecular weight excluding hydrogens is 272 g/mol. The van der Waals surface area contributed by atoms with Gasteiger partial charge in [0.05, 0.1) is 6.10 Å². The fourth-order valence-corrected chi connectivity index (χ4v) is 1.49. The van der Waals surface area contributed by atoms with Gasteiger partial charge >= 0.3 is 12.0 Å². The standard InChI is InChI=1S/C14H18N4O3/c1-10(2)21-14-17-12(15)16-13(18-14)20-9-8-19-11-6-4-3-5-7-11/h3-7,10H,8-9H2,1-2H3,(H2,15,16,17,18). The molecule has 0 saturated carbocycles. The van der Waals surface area contributed by atoms with Gasteiger partial charge in [0.1, 0.15) is 19.0 Å². The average molecular weight is 290 g/mol. The third-order valence-electron chi connectivity index (χ3n) is 2.28. The molecule has 1 aromatic carbocycles. The van der Waals surface area contributed by atoms with Gasteiger partial charge in [0, 0.05) is 0 Å². The van der Waals surface area contributed by atoms with Gasteiger partial charge in [-0.3, -0.25) is 0 Å². The maximum Gasteiger partial charge on any atom is 0.324 e. The summed E-state index contributed by atoms with van der Waals surface area (Å²) in [6.45, 7) is 4.40. The first-order valence-corrected chi connectivity index (χ1v) is 6.62. The molecule has 2 N–H and O–H groups in total. The summed E-state index contributed by atoms with van der Waals surface area (Å²) < 4.78 is 16.2. The second-order valence-electron chi connectivity index (χ2n) is 4.44. The lowest BCUT2D eigenvalue weighted by Crippen LogP contribution is -2.14. The molecule has 0 radical (unpaired) electrons. The van der Waals surface area contributed by atoms with Crippen LogP contribution in [0.25, 0.3) is 0 Å². The molecule has 0 bridgehead atoms. The molecule has 0 aliphatic rings. The molecule has 0 atom stereocenters. The predicted molar refractivity (Wildman–Crippen MR) is 77.4 cm³/mol. The van der Waals surface area contributed by atoms with Gasteiger partial charge in [-0.2, -0.15) is 9.97 Å². The van der Waals surface area contributed by atoms with Crippen molar-refractivity contribution in [1.29, 1.82) is 0 Å². The average Bonchev–Trinajstić information content (AvgIpc) is 2.43. The van der Waals surface area contributed by atoms with Crippen molar-refractivity contribution in [2.24, 2.45) is 0 Å². The summed E-state index contributed by atoms with van der Waals surface area (Å²) in [5, 5.41) is 0. The summed E-state index contributed by atoms with van der Waals surface area (Å²) in [4.78, 5) is 11.8. The zero-order chi connectivity index (χ0) is 15.1. The topological polar surface area (TPSA) is 92.4 Å². The number of rotatable bonds is 7. The van der Waals surface area contributed by atoms with E-state index in [1.165, 1.54) is 0 Å². The van der Waals surface area contributed by atoms with Crippen LogP contribution in [0.4, 0.5) is 5.95 Å². The monoisotopic (exact) mass is 290 g/mol. The maximum atomic E-state index is 5.58. The molecule has 7 nitrogen and oxygen atoms in total. The lowest BCUT2D eigenvalue weighted by Gasteiger charge is -2.10. The second kappa shape index (κ2) is 7.28. The molecule has 0 aliphatic carbocycles. The van der Waals surface area contributed by atoms with Crippen LogP contribution < -0.4 is 19.9 Å². The van der Waals surface area contributed by atoms with Crippen molar-refractivity contribution in [3.63, 3.8) is 0 Å². The lowest BCUT2D eigenvalue weighted by atomic mass is 10.3. The van der Waals surface area contributed by atoms with Gasteiger partial charge in [-0.25, -0.2) is 0 Å². The van der Waals surface area contributed by atoms with Crippen LogP contribution in [0.15, 0.2) is 30.3 Å². The molecule has 0 amide bonds. The lowest BCUT2D eigenvalue weighted by molar-refractivity contribution is 0.193. The van der Waals surface area contributed by atoms with E-state index in [0.29, 0.717) is 13.2 Å². The fourth-order valence-electron chi connectivity index (χ4n) is 1.49. The zero-order valence-electron chi connectivity index (χ0n) is 12.0. The number of nitrogens with two attached hydrogens (primary N) is 1. The minimum Gasteiger partial charge on any atom is -0.490 e. The Balaban J connectivity index is 1.84. The molecule has 1 aromatic heterocycles. The van der Waals surface area contributed by atoms with Crippen LogP contribution in [0.3, 0.4) is 0 Å². The Kier molecular flexibility index (Phi) is 5.14. The zero-order valence-corrected chi connectivity index (χ0v) is 12.0. The minimum absolute atomic E-state index is 0.0546. The largest absolute Gasteiger partial charge is 0.490 e. The van der Waals surface area contributed by atoms with Gasteiger partial charge in [-0.05, 0) is 26.0 Å². The Bertz CT molecular complexity index is 563. The highest BCUT2D eigenvalue weighted by molar-refractivity contribution is 5.21. The number of nitrogens with zero attached hydrogens (tertiary/aromatic N) is 3. The molecule has 0 unspecified atom stereocenters. The fraction of sp³-hybridized carbons (Fsp3) is 0.357. The molecule has 0 spiro atoms. The van der Waals surface area contributed by atoms with Crippen LogP contribution in [0.1, 0.15) is 13.8 Å². The number of hydrogen-bond donors (Lipinski definition) is 1. The van der Waals surface area contributed by atoms with Crippen molar-refractivity contribution < 1.29 is 14.2 Å². The third-order valence-corrected chi connectivity index (χ3v) is 2.28. The van der Waals surface area contributed by atoms with Crippen LogP contribution in [0.2, 0.25) is 0 Å². The highest BCUT2D eigenvalue weighted by atomic mass is 16.5. The number of nitrogen functional groups attached to an aromatic ring is 1. The Morgan fingerprint density at radius 1 is 0.952 bits per heavy atom. The highest BCUT2D eigenvalue weighted by Crippen LogP contribution is 2.12. The van der Waals surface area contributed by atoms with Crippen LogP contribution >= 0.6 is 0 Å². The number of benzene rings is 1. The molecule has 21 heavy (non-hydrogen) atoms. The molecule has 112 valence electrons. The molecule has 0 saturated heterocycles. The normalized spacial score (nSPS) is 10.4. The minimum atomic E-state index is -0.0546. The molecule has 0 fully saturated rings. The maximum absolute atomic E-state index is 5.58. The summed E-state index contributed by atoms with van der Waals surface area (Å²) in [6, 6.07) is 9.74. The SMILES string of the molecule is CC(C)Oc1nc(N)nc(OCCOc2ccccc2)n1. The van der Waals surface area contributed by atoms with Crippen molar-refractivity contribution in [3.05, 3.63) is 30.3 Å². The summed E-state index contributed by atoms with van der Waals surface area (Å²) >= 11 is 0. The first-order valence-electron chi connectivity index (χ1n) is 6.62. The van der Waals surface area contributed by atoms with Crippen molar-refractivity contribution in [1.82, 2.24) is 15.0 Å². The Labute approximate surface area is 123 Å². The van der Waals surface area contributed by atoms with Gasteiger partial charge in [-0.15, -0.1) is 4.98 Å². The summed E-state index contributed by atoms with van der Waals surface area (Å²) in [7, 11) is 0. The van der Waals surface area contributed by atoms with E-state index >= 15 is 0 Å². The molecule has 2 rings (SSSR count). The van der Waals surface area contributed by atoms with Crippen molar-refractivity contribution in [3.8, 4) is 17.8 Å². The summed E-state index contributed by atoms with van der Waals surface area (Å²) in [5.74, 6) is 0.833. The van der Waals surface area contributed by atoms with Gasteiger partial charge in [-0.1, -0.05) is 18.2 Å². The number of anilines is 1. The second-order valence-corrected chi connectivity index (χ2v) is 4.44. The summed E-state index contributed by atoms with van der Waals surface area (Å²) in [5.41, 5.74) is 5.58. The highest BCUT2D eigenvalue weighted by Gasteiger charge is 2.08. The van der Waals surface area contributed by atoms with Crippen LogP contribution in [-0.2, 0) is 0 Å². The summed E-state index contributed by atoms with van der Waals surface area (Å²) in [6.07, 6.45) is -0.0546. The van der Waals surface area contributed by atoms with E-state index in [2.05, 4.69) is 15.0 Å². The van der Waals surface area contributed by atoms with Crippen molar-refractivity contribution in [2.75, 3.05) is 18.9 Å². The van der Waals surface area contributed by atoms with Crippen LogP contribution in [0, 0.1) is 0 Å². The Hall–Kier alpha value is -2.57. The first-order chi connectivity index (χ1) is 10.1. The van der Waals surface area contributed by atoms with E-state index in [-0.39, 0.29) is 24.1 Å². The van der Waals surface area contributed by atoms with E-state index in [0.717, 1.165) is 5.75 Å². The first kappa shape index (κ1) is 14.8. The number of hydrogen-bond acceptors (Lipinski definition) is 7. The molecule has 7 heteroatoms. The quantitative estimate of drug-likeness (QED) is 0.776. The van der Waals surface area contributed by atoms with E-state index in [9.17, 15) is 0 Å². The molecule has 0 aliphatic heterocycles. The molecular formula is C14H18N4O3. The predicted octanol–water partition coefficient (Wildman–Crippen LogP) is 1.70. The van der Waals surface area contributed by atoms with E-state index in [1.807, 2.05) is 44.2 Å². The van der Waals surface area contributed by atoms with Gasteiger partial charge in [0.15, 0.2) is 0 Å². The molecule has 1 heterocycles. The van der Waals surface area contributed by atoms with E-state index < -0.39 is 0 Å². The van der Waals surface area contributed by atoms with Crippen LogP contribution in [0.5, 0.6) is 17.8 Å². The number of para-hydroxylation sites is 1. The smallest absolute Gasteiger partial charge is 0.324 e. The van der Waals surface area contributed by atoms with Gasteiger partial charge in [0.2, 0.25) is 5.95 Å².